The van der Waals surface area contributed by atoms with Crippen molar-refractivity contribution in [1.82, 2.24) is 14.7 Å². The van der Waals surface area contributed by atoms with Gasteiger partial charge < -0.3 is 4.74 Å². The highest BCUT2D eigenvalue weighted by atomic mass is 32.2. The Morgan fingerprint density at radius 2 is 1.84 bits per heavy atom. The molecule has 2 aromatic rings. The molecular formula is C18H23N3O3S. The molecule has 0 amide bonds. The van der Waals surface area contributed by atoms with E-state index in [2.05, 4.69) is 14.7 Å². The third-order valence-corrected chi connectivity index (χ3v) is 5.73. The van der Waals surface area contributed by atoms with Gasteiger partial charge in [-0.1, -0.05) is 29.8 Å². The summed E-state index contributed by atoms with van der Waals surface area (Å²) in [6.45, 7) is 1.98. The maximum atomic E-state index is 12.4. The van der Waals surface area contributed by atoms with E-state index in [1.165, 1.54) is 0 Å². The Morgan fingerprint density at radius 1 is 1.12 bits per heavy atom. The molecule has 0 spiro atoms. The molecule has 0 saturated heterocycles. The molecule has 7 heteroatoms. The van der Waals surface area contributed by atoms with Gasteiger partial charge in [0.15, 0.2) is 0 Å². The van der Waals surface area contributed by atoms with Gasteiger partial charge >= 0.3 is 0 Å². The number of hydrogen-bond acceptors (Lipinski definition) is 5. The van der Waals surface area contributed by atoms with Crippen molar-refractivity contribution in [1.29, 1.82) is 0 Å². The lowest BCUT2D eigenvalue weighted by Crippen LogP contribution is -2.40. The van der Waals surface area contributed by atoms with Crippen LogP contribution in [0.1, 0.15) is 36.8 Å². The van der Waals surface area contributed by atoms with Crippen LogP contribution in [0.2, 0.25) is 0 Å². The maximum Gasteiger partial charge on any atom is 0.232 e. The Bertz CT molecular complexity index is 771. The van der Waals surface area contributed by atoms with Crippen LogP contribution in [0.25, 0.3) is 0 Å². The quantitative estimate of drug-likeness (QED) is 0.855. The summed E-state index contributed by atoms with van der Waals surface area (Å²) in [5, 5.41) is 0. The third-order valence-electron chi connectivity index (χ3n) is 4.32. The van der Waals surface area contributed by atoms with E-state index >= 15 is 0 Å². The molecule has 0 radical (unpaired) electrons. The van der Waals surface area contributed by atoms with Crippen LogP contribution >= 0.6 is 0 Å². The molecule has 134 valence electrons. The summed E-state index contributed by atoms with van der Waals surface area (Å²) in [6.07, 6.45) is 7.98. The minimum atomic E-state index is -3.34. The highest BCUT2D eigenvalue weighted by molar-refractivity contribution is 7.88. The fraction of sp³-hybridized carbons (Fsp3) is 0.444. The predicted molar refractivity (Wildman–Crippen MR) is 95.6 cm³/mol. The standard InChI is InChI=1S/C18H23N3O3S/c1-14-2-4-15(5-3-14)13-25(22,23)21-16-6-8-17(9-7-16)24-18-12-19-10-11-20-18/h2-5,10-12,16-17,21H,6-9,13H2,1H3. The number of aromatic nitrogens is 2. The van der Waals surface area contributed by atoms with Gasteiger partial charge in [-0.25, -0.2) is 18.1 Å². The maximum absolute atomic E-state index is 12.4. The van der Waals surface area contributed by atoms with Gasteiger partial charge in [0.1, 0.15) is 6.10 Å². The van der Waals surface area contributed by atoms with Crippen LogP contribution in [0.15, 0.2) is 42.9 Å². The van der Waals surface area contributed by atoms with Gasteiger partial charge in [0.2, 0.25) is 15.9 Å². The van der Waals surface area contributed by atoms with Crippen molar-refractivity contribution in [2.75, 3.05) is 0 Å². The zero-order valence-electron chi connectivity index (χ0n) is 14.3. The van der Waals surface area contributed by atoms with Crippen molar-refractivity contribution in [3.05, 3.63) is 54.0 Å². The summed E-state index contributed by atoms with van der Waals surface area (Å²) in [6, 6.07) is 7.55. The largest absolute Gasteiger partial charge is 0.473 e. The van der Waals surface area contributed by atoms with E-state index < -0.39 is 10.0 Å². The summed E-state index contributed by atoms with van der Waals surface area (Å²) in [4.78, 5) is 8.09. The van der Waals surface area contributed by atoms with Gasteiger partial charge in [0, 0.05) is 18.4 Å². The molecule has 1 N–H and O–H groups in total. The number of benzene rings is 1. The molecule has 0 aliphatic heterocycles. The van der Waals surface area contributed by atoms with Crippen molar-refractivity contribution in [3.63, 3.8) is 0 Å². The van der Waals surface area contributed by atoms with E-state index in [4.69, 9.17) is 4.74 Å². The van der Waals surface area contributed by atoms with Crippen LogP contribution in [-0.4, -0.2) is 30.5 Å². The molecule has 0 unspecified atom stereocenters. The lowest BCUT2D eigenvalue weighted by molar-refractivity contribution is 0.138. The number of nitrogens with zero attached hydrogens (tertiary/aromatic N) is 2. The lowest BCUT2D eigenvalue weighted by atomic mass is 9.94. The first-order chi connectivity index (χ1) is 12.0. The molecule has 1 aromatic carbocycles. The Hall–Kier alpha value is -1.99. The molecule has 1 fully saturated rings. The first-order valence-corrected chi connectivity index (χ1v) is 10.1. The van der Waals surface area contributed by atoms with Crippen LogP contribution < -0.4 is 9.46 Å². The second-order valence-electron chi connectivity index (χ2n) is 6.50. The van der Waals surface area contributed by atoms with Crippen LogP contribution in [0, 0.1) is 6.92 Å². The number of hydrogen-bond donors (Lipinski definition) is 1. The normalized spacial score (nSPS) is 21.0. The number of sulfonamides is 1. The van der Waals surface area contributed by atoms with Gasteiger partial charge in [0.05, 0.1) is 11.9 Å². The Balaban J connectivity index is 1.48. The van der Waals surface area contributed by atoms with Crippen LogP contribution in [0.3, 0.4) is 0 Å². The minimum Gasteiger partial charge on any atom is -0.473 e. The topological polar surface area (TPSA) is 81.2 Å². The lowest BCUT2D eigenvalue weighted by Gasteiger charge is -2.28. The van der Waals surface area contributed by atoms with E-state index in [0.717, 1.165) is 36.8 Å². The monoisotopic (exact) mass is 361 g/mol. The fourth-order valence-electron chi connectivity index (χ4n) is 3.01. The van der Waals surface area contributed by atoms with Crippen molar-refractivity contribution in [2.24, 2.45) is 0 Å². The summed E-state index contributed by atoms with van der Waals surface area (Å²) in [7, 11) is -3.34. The van der Waals surface area contributed by atoms with Gasteiger partial charge in [-0.15, -0.1) is 0 Å². The first kappa shape index (κ1) is 17.8. The smallest absolute Gasteiger partial charge is 0.232 e. The summed E-state index contributed by atoms with van der Waals surface area (Å²) < 4.78 is 33.4. The number of ether oxygens (including phenoxy) is 1. The second kappa shape index (κ2) is 7.93. The third kappa shape index (κ3) is 5.51. The first-order valence-electron chi connectivity index (χ1n) is 8.48. The molecular weight excluding hydrogens is 338 g/mol. The Kier molecular flexibility index (Phi) is 5.65. The second-order valence-corrected chi connectivity index (χ2v) is 8.25. The van der Waals surface area contributed by atoms with Gasteiger partial charge in [-0.2, -0.15) is 0 Å². The molecule has 3 rings (SSSR count). The molecule has 1 aliphatic rings. The molecule has 25 heavy (non-hydrogen) atoms. The average Bonchev–Trinajstić information content (AvgIpc) is 2.59. The van der Waals surface area contributed by atoms with Gasteiger partial charge in [-0.3, -0.25) is 4.98 Å². The fourth-order valence-corrected chi connectivity index (χ4v) is 4.47. The zero-order chi connectivity index (χ0) is 17.7. The molecule has 1 saturated carbocycles. The molecule has 6 nitrogen and oxygen atoms in total. The van der Waals surface area contributed by atoms with E-state index in [1.54, 1.807) is 18.6 Å². The molecule has 0 bridgehead atoms. The molecule has 0 atom stereocenters. The van der Waals surface area contributed by atoms with Crippen LogP contribution in [0.4, 0.5) is 0 Å². The van der Waals surface area contributed by atoms with Gasteiger partial charge in [-0.05, 0) is 38.2 Å². The van der Waals surface area contributed by atoms with Crippen molar-refractivity contribution < 1.29 is 13.2 Å². The highest BCUT2D eigenvalue weighted by Gasteiger charge is 2.26. The number of rotatable bonds is 6. The number of nitrogens with one attached hydrogen (secondary N) is 1. The summed E-state index contributed by atoms with van der Waals surface area (Å²) in [5.41, 5.74) is 1.92. The molecule has 1 aromatic heterocycles. The van der Waals surface area contributed by atoms with Crippen LogP contribution in [-0.2, 0) is 15.8 Å². The van der Waals surface area contributed by atoms with E-state index in [-0.39, 0.29) is 17.9 Å². The molecule has 1 aliphatic carbocycles. The van der Waals surface area contributed by atoms with Crippen molar-refractivity contribution in [3.8, 4) is 5.88 Å². The summed E-state index contributed by atoms with van der Waals surface area (Å²) in [5.74, 6) is 0.537. The average molecular weight is 361 g/mol. The van der Waals surface area contributed by atoms with Crippen molar-refractivity contribution in [2.45, 2.75) is 50.5 Å². The van der Waals surface area contributed by atoms with E-state index in [0.29, 0.717) is 5.88 Å². The summed E-state index contributed by atoms with van der Waals surface area (Å²) >= 11 is 0. The van der Waals surface area contributed by atoms with Crippen molar-refractivity contribution >= 4 is 10.0 Å². The zero-order valence-corrected chi connectivity index (χ0v) is 15.1. The van der Waals surface area contributed by atoms with E-state index in [9.17, 15) is 8.42 Å². The van der Waals surface area contributed by atoms with E-state index in [1.807, 2.05) is 31.2 Å². The predicted octanol–water partition coefficient (Wildman–Crippen LogP) is 2.59. The minimum absolute atomic E-state index is 0.0172. The van der Waals surface area contributed by atoms with Crippen LogP contribution in [0.5, 0.6) is 5.88 Å². The Morgan fingerprint density at radius 3 is 2.48 bits per heavy atom. The highest BCUT2D eigenvalue weighted by Crippen LogP contribution is 2.23. The SMILES string of the molecule is Cc1ccc(CS(=O)(=O)NC2CCC(Oc3cnccn3)CC2)cc1. The van der Waals surface area contributed by atoms with Gasteiger partial charge in [0.25, 0.3) is 0 Å². The Labute approximate surface area is 148 Å². The molecule has 1 heterocycles. The number of aryl methyl sites for hydroxylation is 1.